The number of hydrogen-bond acceptors (Lipinski definition) is 2. The Balaban J connectivity index is 3.29. The van der Waals surface area contributed by atoms with Gasteiger partial charge in [-0.1, -0.05) is 19.6 Å². The van der Waals surface area contributed by atoms with Crippen LogP contribution in [0.4, 0.5) is 0 Å². The average Bonchev–Trinajstić information content (AvgIpc) is 1.59. The van der Waals surface area contributed by atoms with Crippen LogP contribution in [-0.4, -0.2) is 19.7 Å². The van der Waals surface area contributed by atoms with Crippen molar-refractivity contribution < 1.29 is 4.74 Å². The summed E-state index contributed by atoms with van der Waals surface area (Å²) in [7, 11) is -0.909. The molecule has 0 radical (unpaired) electrons. The first-order chi connectivity index (χ1) is 4.42. The standard InChI is InChI=1S/C7H16OSSi/c1-7(9)8-5-6-10(2,3)4/h5-6H2,1-4H3. The normalized spacial score (nSPS) is 11.2. The van der Waals surface area contributed by atoms with Crippen molar-refractivity contribution in [3.8, 4) is 0 Å². The predicted octanol–water partition coefficient (Wildman–Crippen LogP) is 2.69. The van der Waals surface area contributed by atoms with Crippen LogP contribution in [0, 0.1) is 0 Å². The van der Waals surface area contributed by atoms with E-state index in [-0.39, 0.29) is 0 Å². The minimum absolute atomic E-state index is 0.665. The van der Waals surface area contributed by atoms with Gasteiger partial charge in [0.1, 0.15) is 0 Å². The molecule has 0 bridgehead atoms. The molecule has 0 spiro atoms. The summed E-state index contributed by atoms with van der Waals surface area (Å²) < 4.78 is 5.18. The molecule has 0 saturated carbocycles. The van der Waals surface area contributed by atoms with E-state index in [1.807, 2.05) is 6.92 Å². The van der Waals surface area contributed by atoms with Gasteiger partial charge in [0.25, 0.3) is 0 Å². The first kappa shape index (κ1) is 10.1. The van der Waals surface area contributed by atoms with Crippen LogP contribution in [0.3, 0.4) is 0 Å². The van der Waals surface area contributed by atoms with E-state index < -0.39 is 8.07 Å². The van der Waals surface area contributed by atoms with Crippen molar-refractivity contribution in [3.63, 3.8) is 0 Å². The summed E-state index contributed by atoms with van der Waals surface area (Å²) in [6, 6.07) is 1.20. The van der Waals surface area contributed by atoms with Crippen LogP contribution >= 0.6 is 12.2 Å². The fourth-order valence-corrected chi connectivity index (χ4v) is 1.30. The second kappa shape index (κ2) is 4.08. The molecule has 0 aliphatic heterocycles. The van der Waals surface area contributed by atoms with Crippen LogP contribution in [0.1, 0.15) is 6.92 Å². The second-order valence-electron chi connectivity index (χ2n) is 3.65. The molecule has 0 amide bonds. The molecule has 0 aromatic rings. The molecule has 0 aliphatic carbocycles. The molecule has 0 heterocycles. The van der Waals surface area contributed by atoms with Crippen LogP contribution in [0.25, 0.3) is 0 Å². The van der Waals surface area contributed by atoms with Crippen molar-refractivity contribution in [3.05, 3.63) is 0 Å². The molecule has 0 rings (SSSR count). The average molecular weight is 176 g/mol. The molecule has 0 aromatic heterocycles. The molecule has 0 unspecified atom stereocenters. The van der Waals surface area contributed by atoms with Crippen LogP contribution in [0.2, 0.25) is 25.7 Å². The Morgan fingerprint density at radius 3 is 2.20 bits per heavy atom. The summed E-state index contributed by atoms with van der Waals surface area (Å²) in [5, 5.41) is 0.665. The highest BCUT2D eigenvalue weighted by molar-refractivity contribution is 7.80. The maximum Gasteiger partial charge on any atom is 0.156 e. The molecular formula is C7H16OSSi. The molecule has 0 fully saturated rings. The number of thiocarbonyl (C=S) groups is 1. The van der Waals surface area contributed by atoms with Crippen LogP contribution in [-0.2, 0) is 4.74 Å². The Labute approximate surface area is 69.8 Å². The molecule has 60 valence electrons. The smallest absolute Gasteiger partial charge is 0.156 e. The van der Waals surface area contributed by atoms with E-state index in [9.17, 15) is 0 Å². The maximum absolute atomic E-state index is 5.18. The fourth-order valence-electron chi connectivity index (χ4n) is 0.501. The van der Waals surface area contributed by atoms with E-state index in [2.05, 4.69) is 19.6 Å². The Bertz CT molecular complexity index is 117. The van der Waals surface area contributed by atoms with Gasteiger partial charge in [0.15, 0.2) is 5.05 Å². The zero-order valence-electron chi connectivity index (χ0n) is 7.23. The van der Waals surface area contributed by atoms with Crippen molar-refractivity contribution in [2.75, 3.05) is 6.61 Å². The van der Waals surface area contributed by atoms with Gasteiger partial charge in [0.05, 0.1) is 6.61 Å². The van der Waals surface area contributed by atoms with Gasteiger partial charge in [-0.2, -0.15) is 0 Å². The summed E-state index contributed by atoms with van der Waals surface area (Å²) in [4.78, 5) is 0. The second-order valence-corrected chi connectivity index (χ2v) is 9.85. The zero-order chi connectivity index (χ0) is 8.20. The highest BCUT2D eigenvalue weighted by Crippen LogP contribution is 2.07. The van der Waals surface area contributed by atoms with E-state index in [0.717, 1.165) is 6.61 Å². The minimum Gasteiger partial charge on any atom is -0.488 e. The van der Waals surface area contributed by atoms with Gasteiger partial charge in [0.2, 0.25) is 0 Å². The van der Waals surface area contributed by atoms with Gasteiger partial charge in [-0.25, -0.2) is 0 Å². The van der Waals surface area contributed by atoms with Crippen molar-refractivity contribution in [1.29, 1.82) is 0 Å². The predicted molar refractivity (Wildman–Crippen MR) is 52.4 cm³/mol. The Kier molecular flexibility index (Phi) is 4.13. The number of ether oxygens (including phenoxy) is 1. The summed E-state index contributed by atoms with van der Waals surface area (Å²) in [5.74, 6) is 0. The monoisotopic (exact) mass is 176 g/mol. The Morgan fingerprint density at radius 2 is 1.90 bits per heavy atom. The highest BCUT2D eigenvalue weighted by Gasteiger charge is 2.12. The lowest BCUT2D eigenvalue weighted by Crippen LogP contribution is -2.22. The van der Waals surface area contributed by atoms with E-state index in [0.29, 0.717) is 5.05 Å². The third kappa shape index (κ3) is 8.11. The topological polar surface area (TPSA) is 9.23 Å². The van der Waals surface area contributed by atoms with Gasteiger partial charge in [-0.05, 0) is 18.3 Å². The third-order valence-electron chi connectivity index (χ3n) is 1.16. The number of hydrogen-bond donors (Lipinski definition) is 0. The molecule has 0 aliphatic rings. The first-order valence-corrected chi connectivity index (χ1v) is 7.67. The van der Waals surface area contributed by atoms with Crippen LogP contribution in [0.5, 0.6) is 0 Å². The number of rotatable bonds is 3. The third-order valence-corrected chi connectivity index (χ3v) is 2.98. The summed E-state index contributed by atoms with van der Waals surface area (Å²) in [6.45, 7) is 9.61. The maximum atomic E-state index is 5.18. The molecule has 3 heteroatoms. The molecule has 0 atom stereocenters. The van der Waals surface area contributed by atoms with Gasteiger partial charge in [-0.3, -0.25) is 0 Å². The summed E-state index contributed by atoms with van der Waals surface area (Å²) >= 11 is 4.78. The van der Waals surface area contributed by atoms with Gasteiger partial charge < -0.3 is 4.74 Å². The lowest BCUT2D eigenvalue weighted by molar-refractivity contribution is 0.332. The Hall–Kier alpha value is 0.107. The van der Waals surface area contributed by atoms with E-state index >= 15 is 0 Å². The van der Waals surface area contributed by atoms with Crippen LogP contribution < -0.4 is 0 Å². The molecule has 0 N–H and O–H groups in total. The first-order valence-electron chi connectivity index (χ1n) is 3.55. The van der Waals surface area contributed by atoms with E-state index in [1.165, 1.54) is 6.04 Å². The molecule has 0 saturated heterocycles. The molecule has 1 nitrogen and oxygen atoms in total. The lowest BCUT2D eigenvalue weighted by Gasteiger charge is -2.15. The van der Waals surface area contributed by atoms with E-state index in [1.54, 1.807) is 0 Å². The van der Waals surface area contributed by atoms with Crippen molar-refractivity contribution >= 4 is 25.3 Å². The van der Waals surface area contributed by atoms with Crippen LogP contribution in [0.15, 0.2) is 0 Å². The quantitative estimate of drug-likeness (QED) is 0.483. The van der Waals surface area contributed by atoms with Gasteiger partial charge in [0, 0.05) is 15.0 Å². The van der Waals surface area contributed by atoms with E-state index in [4.69, 9.17) is 17.0 Å². The van der Waals surface area contributed by atoms with Crippen molar-refractivity contribution in [2.24, 2.45) is 0 Å². The molecular weight excluding hydrogens is 160 g/mol. The molecule has 0 aromatic carbocycles. The molecule has 10 heavy (non-hydrogen) atoms. The Morgan fingerprint density at radius 1 is 1.40 bits per heavy atom. The minimum atomic E-state index is -0.909. The SMILES string of the molecule is CC(=S)OCC[Si](C)(C)C. The van der Waals surface area contributed by atoms with Gasteiger partial charge in [-0.15, -0.1) is 0 Å². The fraction of sp³-hybridized carbons (Fsp3) is 0.857. The lowest BCUT2D eigenvalue weighted by atomic mass is 10.8. The summed E-state index contributed by atoms with van der Waals surface area (Å²) in [6.07, 6.45) is 0. The zero-order valence-corrected chi connectivity index (χ0v) is 9.05. The van der Waals surface area contributed by atoms with Crippen molar-refractivity contribution in [1.82, 2.24) is 0 Å². The largest absolute Gasteiger partial charge is 0.488 e. The summed E-state index contributed by atoms with van der Waals surface area (Å²) in [5.41, 5.74) is 0. The van der Waals surface area contributed by atoms with Crippen molar-refractivity contribution in [2.45, 2.75) is 32.6 Å². The highest BCUT2D eigenvalue weighted by atomic mass is 32.1. The van der Waals surface area contributed by atoms with Gasteiger partial charge >= 0.3 is 0 Å².